The number of hydrogen-bond donors (Lipinski definition) is 0. The maximum atomic E-state index is 4.30. The van der Waals surface area contributed by atoms with Crippen LogP contribution in [0.1, 0.15) is 20.3 Å². The van der Waals surface area contributed by atoms with Crippen LogP contribution < -0.4 is 0 Å². The molecule has 0 N–H and O–H groups in total. The first-order valence-electron chi connectivity index (χ1n) is 3.61. The summed E-state index contributed by atoms with van der Waals surface area (Å²) in [5.74, 6) is 0. The average Bonchev–Trinajstić information content (AvgIpc) is 1.96. The van der Waals surface area contributed by atoms with Crippen LogP contribution in [-0.4, -0.2) is 24.3 Å². The molecule has 0 saturated heterocycles. The zero-order valence-corrected chi connectivity index (χ0v) is 6.83. The van der Waals surface area contributed by atoms with Crippen LogP contribution in [0.3, 0.4) is 0 Å². The highest BCUT2D eigenvalue weighted by Crippen LogP contribution is 2.07. The lowest BCUT2D eigenvalue weighted by molar-refractivity contribution is 0.364. The summed E-state index contributed by atoms with van der Waals surface area (Å²) in [5, 5.41) is 0. The normalized spacial score (nSPS) is 26.1. The maximum Gasteiger partial charge on any atom is 0.117 e. The molecule has 10 heavy (non-hydrogen) atoms. The second-order valence-corrected chi connectivity index (χ2v) is 2.81. The molecular weight excluding hydrogens is 124 g/mol. The topological polar surface area (TPSA) is 15.6 Å². The van der Waals surface area contributed by atoms with Crippen LogP contribution in [-0.2, 0) is 0 Å². The van der Waals surface area contributed by atoms with Gasteiger partial charge in [-0.2, -0.15) is 0 Å². The summed E-state index contributed by atoms with van der Waals surface area (Å²) in [4.78, 5) is 6.43. The number of allylic oxidation sites excluding steroid dienone is 1. The highest BCUT2D eigenvalue weighted by Gasteiger charge is 2.04. The van der Waals surface area contributed by atoms with E-state index < -0.39 is 0 Å². The second kappa shape index (κ2) is 2.86. The van der Waals surface area contributed by atoms with Crippen molar-refractivity contribution in [3.63, 3.8) is 0 Å². The van der Waals surface area contributed by atoms with E-state index in [1.54, 1.807) is 0 Å². The Labute approximate surface area is 62.3 Å². The molecule has 56 valence electrons. The van der Waals surface area contributed by atoms with Crippen LogP contribution in [0.2, 0.25) is 0 Å². The van der Waals surface area contributed by atoms with Gasteiger partial charge in [0.2, 0.25) is 0 Å². The second-order valence-electron chi connectivity index (χ2n) is 2.81. The van der Waals surface area contributed by atoms with Crippen molar-refractivity contribution >= 4 is 6.21 Å². The molecule has 0 amide bonds. The van der Waals surface area contributed by atoms with Gasteiger partial charge in [-0.25, -0.2) is 0 Å². The highest BCUT2D eigenvalue weighted by atomic mass is 15.2. The van der Waals surface area contributed by atoms with Crippen molar-refractivity contribution in [2.45, 2.75) is 26.4 Å². The van der Waals surface area contributed by atoms with E-state index in [1.165, 1.54) is 5.57 Å². The number of rotatable bonds is 0. The summed E-state index contributed by atoms with van der Waals surface area (Å²) in [6.07, 6.45) is 5.43. The van der Waals surface area contributed by atoms with Gasteiger partial charge in [-0.3, -0.25) is 4.99 Å². The fourth-order valence-corrected chi connectivity index (χ4v) is 0.963. The largest absolute Gasteiger partial charge is 0.359 e. The molecule has 1 aliphatic heterocycles. The summed E-state index contributed by atoms with van der Waals surface area (Å²) in [6, 6.07) is 0. The van der Waals surface area contributed by atoms with Gasteiger partial charge >= 0.3 is 0 Å². The van der Waals surface area contributed by atoms with Crippen molar-refractivity contribution in [1.29, 1.82) is 0 Å². The van der Waals surface area contributed by atoms with Gasteiger partial charge in [0.15, 0.2) is 0 Å². The third-order valence-electron chi connectivity index (χ3n) is 1.75. The standard InChI is InChI=1S/C8H14N2/c1-7-4-5-9-8(2)10(3)6-7/h5-6,8H,4H2,1-3H3. The van der Waals surface area contributed by atoms with E-state index in [-0.39, 0.29) is 0 Å². The molecule has 1 atom stereocenters. The zero-order valence-electron chi connectivity index (χ0n) is 6.83. The van der Waals surface area contributed by atoms with Gasteiger partial charge in [0.1, 0.15) is 6.17 Å². The molecule has 0 aromatic heterocycles. The van der Waals surface area contributed by atoms with E-state index in [0.717, 1.165) is 6.42 Å². The van der Waals surface area contributed by atoms with E-state index in [2.05, 4.69) is 37.0 Å². The van der Waals surface area contributed by atoms with Crippen molar-refractivity contribution in [3.05, 3.63) is 11.8 Å². The van der Waals surface area contributed by atoms with Crippen LogP contribution in [0.15, 0.2) is 16.8 Å². The molecular formula is C8H14N2. The monoisotopic (exact) mass is 138 g/mol. The minimum Gasteiger partial charge on any atom is -0.359 e. The van der Waals surface area contributed by atoms with Crippen molar-refractivity contribution < 1.29 is 0 Å². The molecule has 2 nitrogen and oxygen atoms in total. The number of nitrogens with zero attached hydrogens (tertiary/aromatic N) is 2. The van der Waals surface area contributed by atoms with E-state index >= 15 is 0 Å². The molecule has 0 radical (unpaired) electrons. The molecule has 1 aliphatic rings. The van der Waals surface area contributed by atoms with E-state index in [4.69, 9.17) is 0 Å². The summed E-state index contributed by atoms with van der Waals surface area (Å²) >= 11 is 0. The Morgan fingerprint density at radius 2 is 2.40 bits per heavy atom. The molecule has 1 unspecified atom stereocenters. The summed E-state index contributed by atoms with van der Waals surface area (Å²) in [5.41, 5.74) is 1.37. The van der Waals surface area contributed by atoms with Crippen LogP contribution in [0, 0.1) is 0 Å². The van der Waals surface area contributed by atoms with Gasteiger partial charge in [0.05, 0.1) is 0 Å². The molecule has 0 aromatic rings. The third kappa shape index (κ3) is 1.59. The first-order chi connectivity index (χ1) is 4.70. The van der Waals surface area contributed by atoms with Gasteiger partial charge in [-0.15, -0.1) is 0 Å². The molecule has 0 aliphatic carbocycles. The van der Waals surface area contributed by atoms with Crippen molar-refractivity contribution in [2.24, 2.45) is 4.99 Å². The predicted octanol–water partition coefficient (Wildman–Crippen LogP) is 1.64. The first kappa shape index (κ1) is 7.32. The number of aliphatic imine (C=N–C) groups is 1. The lowest BCUT2D eigenvalue weighted by atomic mass is 10.2. The van der Waals surface area contributed by atoms with E-state index in [0.29, 0.717) is 6.17 Å². The highest BCUT2D eigenvalue weighted by molar-refractivity contribution is 5.61. The maximum absolute atomic E-state index is 4.30. The summed E-state index contributed by atoms with van der Waals surface area (Å²) in [7, 11) is 2.05. The van der Waals surface area contributed by atoms with Crippen molar-refractivity contribution in [2.75, 3.05) is 7.05 Å². The molecule has 2 heteroatoms. The smallest absolute Gasteiger partial charge is 0.117 e. The van der Waals surface area contributed by atoms with E-state index in [1.807, 2.05) is 6.21 Å². The minimum absolute atomic E-state index is 0.303. The van der Waals surface area contributed by atoms with Gasteiger partial charge in [-0.1, -0.05) is 5.57 Å². The molecule has 0 saturated carbocycles. The van der Waals surface area contributed by atoms with Crippen molar-refractivity contribution in [3.8, 4) is 0 Å². The van der Waals surface area contributed by atoms with Gasteiger partial charge in [0, 0.05) is 25.9 Å². The van der Waals surface area contributed by atoms with Crippen LogP contribution in [0.4, 0.5) is 0 Å². The quantitative estimate of drug-likeness (QED) is 0.497. The lowest BCUT2D eigenvalue weighted by Gasteiger charge is -2.17. The van der Waals surface area contributed by atoms with Gasteiger partial charge < -0.3 is 4.90 Å². The summed E-state index contributed by atoms with van der Waals surface area (Å²) in [6.45, 7) is 4.21. The van der Waals surface area contributed by atoms with Crippen LogP contribution >= 0.6 is 0 Å². The average molecular weight is 138 g/mol. The molecule has 0 aromatic carbocycles. The van der Waals surface area contributed by atoms with Gasteiger partial charge in [0.25, 0.3) is 0 Å². The third-order valence-corrected chi connectivity index (χ3v) is 1.75. The Balaban J connectivity index is 2.72. The van der Waals surface area contributed by atoms with Gasteiger partial charge in [-0.05, 0) is 13.8 Å². The molecule has 0 bridgehead atoms. The number of hydrogen-bond acceptors (Lipinski definition) is 2. The zero-order chi connectivity index (χ0) is 7.56. The molecule has 1 rings (SSSR count). The van der Waals surface area contributed by atoms with Crippen LogP contribution in [0.25, 0.3) is 0 Å². The Morgan fingerprint density at radius 1 is 1.70 bits per heavy atom. The predicted molar refractivity (Wildman–Crippen MR) is 44.1 cm³/mol. The van der Waals surface area contributed by atoms with E-state index in [9.17, 15) is 0 Å². The van der Waals surface area contributed by atoms with Crippen LogP contribution in [0.5, 0.6) is 0 Å². The van der Waals surface area contributed by atoms with Crippen molar-refractivity contribution in [1.82, 2.24) is 4.90 Å². The fourth-order valence-electron chi connectivity index (χ4n) is 0.963. The lowest BCUT2D eigenvalue weighted by Crippen LogP contribution is -2.20. The summed E-state index contributed by atoms with van der Waals surface area (Å²) < 4.78 is 0. The Kier molecular flexibility index (Phi) is 2.10. The SMILES string of the molecule is CC1=CN(C)C(C)N=CC1. The molecule has 0 spiro atoms. The molecule has 0 fully saturated rings. The minimum atomic E-state index is 0.303. The Morgan fingerprint density at radius 3 is 3.10 bits per heavy atom. The first-order valence-corrected chi connectivity index (χ1v) is 3.61. The Bertz CT molecular complexity index is 170. The Hall–Kier alpha value is -0.790. The molecule has 1 heterocycles. The fraction of sp³-hybridized carbons (Fsp3) is 0.625.